The first-order valence-corrected chi connectivity index (χ1v) is 9.32. The first kappa shape index (κ1) is 17.8. The van der Waals surface area contributed by atoms with Gasteiger partial charge < -0.3 is 9.32 Å². The van der Waals surface area contributed by atoms with Crippen LogP contribution in [0.4, 0.5) is 0 Å². The number of aryl methyl sites for hydroxylation is 3. The predicted octanol–water partition coefficient (Wildman–Crippen LogP) is 4.01. The predicted molar refractivity (Wildman–Crippen MR) is 97.4 cm³/mol. The number of hydrogen-bond donors (Lipinski definition) is 0. The summed E-state index contributed by atoms with van der Waals surface area (Å²) in [7, 11) is 1.96. The average Bonchev–Trinajstić information content (AvgIpc) is 2.99. The van der Waals surface area contributed by atoms with Crippen LogP contribution in [0.15, 0.2) is 16.5 Å². The molecule has 0 radical (unpaired) electrons. The van der Waals surface area contributed by atoms with Gasteiger partial charge in [0.2, 0.25) is 5.91 Å². The zero-order valence-corrected chi connectivity index (χ0v) is 15.8. The number of hydrogen-bond acceptors (Lipinski definition) is 3. The summed E-state index contributed by atoms with van der Waals surface area (Å²) in [6, 6.07) is 4.10. The zero-order chi connectivity index (χ0) is 18.0. The largest absolute Gasteiger partial charge is 0.464 e. The van der Waals surface area contributed by atoms with Crippen LogP contribution in [0.3, 0.4) is 0 Å². The number of likely N-dealkylation sites (tertiary alicyclic amines) is 1. The molecule has 0 aliphatic carbocycles. The van der Waals surface area contributed by atoms with Gasteiger partial charge in [0.15, 0.2) is 0 Å². The van der Waals surface area contributed by atoms with Crippen molar-refractivity contribution in [3.05, 3.63) is 40.6 Å². The van der Waals surface area contributed by atoms with E-state index in [1.165, 1.54) is 12.0 Å². The van der Waals surface area contributed by atoms with Crippen molar-refractivity contribution in [1.82, 2.24) is 14.7 Å². The fourth-order valence-electron chi connectivity index (χ4n) is 3.89. The molecule has 2 aromatic heterocycles. The van der Waals surface area contributed by atoms with Gasteiger partial charge >= 0.3 is 0 Å². The second-order valence-corrected chi connectivity index (χ2v) is 7.17. The first-order chi connectivity index (χ1) is 12.0. The van der Waals surface area contributed by atoms with Crippen LogP contribution >= 0.6 is 0 Å². The van der Waals surface area contributed by atoms with Crippen molar-refractivity contribution >= 4 is 5.91 Å². The maximum absolute atomic E-state index is 13.0. The first-order valence-electron chi connectivity index (χ1n) is 9.32. The van der Waals surface area contributed by atoms with Crippen LogP contribution in [-0.4, -0.2) is 27.1 Å². The molecule has 0 saturated carbocycles. The van der Waals surface area contributed by atoms with Crippen LogP contribution in [0, 0.1) is 20.8 Å². The summed E-state index contributed by atoms with van der Waals surface area (Å²) in [5, 5.41) is 4.46. The van der Waals surface area contributed by atoms with Crippen LogP contribution in [0.5, 0.6) is 0 Å². The van der Waals surface area contributed by atoms with Gasteiger partial charge in [0.05, 0.1) is 11.7 Å². The highest BCUT2D eigenvalue weighted by atomic mass is 16.3. The molecule has 1 fully saturated rings. The van der Waals surface area contributed by atoms with Crippen molar-refractivity contribution in [2.45, 2.75) is 65.3 Å². The number of aromatic nitrogens is 2. The highest BCUT2D eigenvalue weighted by molar-refractivity contribution is 5.77. The molecule has 2 aromatic rings. The van der Waals surface area contributed by atoms with E-state index in [9.17, 15) is 4.79 Å². The van der Waals surface area contributed by atoms with Crippen LogP contribution in [0.2, 0.25) is 0 Å². The lowest BCUT2D eigenvalue weighted by molar-refractivity contribution is -0.134. The second kappa shape index (κ2) is 7.46. The van der Waals surface area contributed by atoms with Gasteiger partial charge in [-0.3, -0.25) is 9.48 Å². The highest BCUT2D eigenvalue weighted by Crippen LogP contribution is 2.32. The molecule has 0 spiro atoms. The van der Waals surface area contributed by atoms with E-state index in [4.69, 9.17) is 4.42 Å². The van der Waals surface area contributed by atoms with Crippen molar-refractivity contribution in [3.63, 3.8) is 0 Å². The second-order valence-electron chi connectivity index (χ2n) is 7.17. The summed E-state index contributed by atoms with van der Waals surface area (Å²) in [5.41, 5.74) is 3.39. The summed E-state index contributed by atoms with van der Waals surface area (Å²) in [6.45, 7) is 6.88. The molecule has 3 rings (SSSR count). The lowest BCUT2D eigenvalue weighted by Gasteiger charge is -2.29. The van der Waals surface area contributed by atoms with Crippen molar-refractivity contribution in [3.8, 4) is 0 Å². The third-order valence-corrected chi connectivity index (χ3v) is 5.41. The third kappa shape index (κ3) is 3.80. The summed E-state index contributed by atoms with van der Waals surface area (Å²) < 4.78 is 7.75. The quantitative estimate of drug-likeness (QED) is 0.842. The summed E-state index contributed by atoms with van der Waals surface area (Å²) in [5.74, 6) is 2.07. The van der Waals surface area contributed by atoms with E-state index in [2.05, 4.69) is 12.0 Å². The monoisotopic (exact) mass is 343 g/mol. The van der Waals surface area contributed by atoms with Gasteiger partial charge in [-0.15, -0.1) is 0 Å². The summed E-state index contributed by atoms with van der Waals surface area (Å²) in [6.07, 6.45) is 5.68. The van der Waals surface area contributed by atoms with E-state index < -0.39 is 0 Å². The van der Waals surface area contributed by atoms with E-state index in [-0.39, 0.29) is 11.9 Å². The van der Waals surface area contributed by atoms with Gasteiger partial charge in [-0.1, -0.05) is 12.8 Å². The molecule has 3 heterocycles. The number of carbonyl (C=O) groups is 1. The van der Waals surface area contributed by atoms with Crippen molar-refractivity contribution in [2.24, 2.45) is 7.05 Å². The number of amides is 1. The van der Waals surface area contributed by atoms with E-state index in [0.717, 1.165) is 55.1 Å². The standard InChI is InChI=1S/C20H29N3O2/c1-14-9-11-19(25-14)18-8-6-5-7-13-23(18)20(24)12-10-17-15(2)21-22(4)16(17)3/h9,11,18H,5-8,10,12-13H2,1-4H3/t18-/m0/s1. The Hall–Kier alpha value is -2.04. The molecule has 1 atom stereocenters. The SMILES string of the molecule is Cc1ccc([C@@H]2CCCCCN2C(=O)CCc2c(C)nn(C)c2C)o1. The Morgan fingerprint density at radius 2 is 2.04 bits per heavy atom. The van der Waals surface area contributed by atoms with Crippen molar-refractivity contribution < 1.29 is 9.21 Å². The maximum Gasteiger partial charge on any atom is 0.223 e. The number of carbonyl (C=O) groups excluding carboxylic acids is 1. The minimum absolute atomic E-state index is 0.0831. The molecule has 1 amide bonds. The van der Waals surface area contributed by atoms with Crippen LogP contribution in [-0.2, 0) is 18.3 Å². The molecular weight excluding hydrogens is 314 g/mol. The molecule has 0 N–H and O–H groups in total. The summed E-state index contributed by atoms with van der Waals surface area (Å²) >= 11 is 0. The van der Waals surface area contributed by atoms with Gasteiger partial charge in [0, 0.05) is 25.7 Å². The van der Waals surface area contributed by atoms with Crippen molar-refractivity contribution in [2.75, 3.05) is 6.54 Å². The van der Waals surface area contributed by atoms with Crippen LogP contribution < -0.4 is 0 Å². The van der Waals surface area contributed by atoms with Gasteiger partial charge in [0.25, 0.3) is 0 Å². The normalized spacial score (nSPS) is 18.4. The Kier molecular flexibility index (Phi) is 5.30. The Morgan fingerprint density at radius 1 is 1.24 bits per heavy atom. The minimum atomic E-state index is 0.0831. The molecule has 0 aromatic carbocycles. The van der Waals surface area contributed by atoms with E-state index in [1.54, 1.807) is 0 Å². The maximum atomic E-state index is 13.0. The molecular formula is C20H29N3O2. The van der Waals surface area contributed by atoms with Gasteiger partial charge in [-0.25, -0.2) is 0 Å². The zero-order valence-electron chi connectivity index (χ0n) is 15.8. The Bertz CT molecular complexity index is 744. The number of nitrogens with zero attached hydrogens (tertiary/aromatic N) is 3. The van der Waals surface area contributed by atoms with E-state index in [1.807, 2.05) is 42.6 Å². The van der Waals surface area contributed by atoms with Gasteiger partial charge in [-0.05, 0) is 57.7 Å². The molecule has 0 unspecified atom stereocenters. The lowest BCUT2D eigenvalue weighted by Crippen LogP contribution is -2.34. The fourth-order valence-corrected chi connectivity index (χ4v) is 3.89. The van der Waals surface area contributed by atoms with E-state index >= 15 is 0 Å². The Balaban J connectivity index is 1.73. The molecule has 1 aliphatic rings. The molecule has 5 heteroatoms. The molecule has 5 nitrogen and oxygen atoms in total. The van der Waals surface area contributed by atoms with Crippen molar-refractivity contribution in [1.29, 1.82) is 0 Å². The van der Waals surface area contributed by atoms with Gasteiger partial charge in [-0.2, -0.15) is 5.10 Å². The van der Waals surface area contributed by atoms with Crippen LogP contribution in [0.1, 0.15) is 66.6 Å². The molecule has 136 valence electrons. The number of furan rings is 1. The van der Waals surface area contributed by atoms with E-state index in [0.29, 0.717) is 6.42 Å². The minimum Gasteiger partial charge on any atom is -0.464 e. The highest BCUT2D eigenvalue weighted by Gasteiger charge is 2.28. The van der Waals surface area contributed by atoms with Gasteiger partial charge in [0.1, 0.15) is 11.5 Å². The fraction of sp³-hybridized carbons (Fsp3) is 0.600. The Morgan fingerprint density at radius 3 is 2.68 bits per heavy atom. The molecule has 25 heavy (non-hydrogen) atoms. The van der Waals surface area contributed by atoms with Crippen LogP contribution in [0.25, 0.3) is 0 Å². The lowest BCUT2D eigenvalue weighted by atomic mass is 10.0. The Labute approximate surface area is 150 Å². The number of rotatable bonds is 4. The molecule has 0 bridgehead atoms. The molecule has 1 aliphatic heterocycles. The smallest absolute Gasteiger partial charge is 0.223 e. The molecule has 1 saturated heterocycles. The topological polar surface area (TPSA) is 51.3 Å². The average molecular weight is 343 g/mol. The summed E-state index contributed by atoms with van der Waals surface area (Å²) in [4.78, 5) is 15.0. The third-order valence-electron chi connectivity index (χ3n) is 5.41.